The molecule has 1 heterocycles. The number of amides is 1. The second-order valence-corrected chi connectivity index (χ2v) is 6.73. The zero-order valence-corrected chi connectivity index (χ0v) is 14.4. The molecular weight excluding hydrogens is 314 g/mol. The van der Waals surface area contributed by atoms with Crippen molar-refractivity contribution < 1.29 is 9.90 Å². The lowest BCUT2D eigenvalue weighted by Crippen LogP contribution is -2.44. The fourth-order valence-corrected chi connectivity index (χ4v) is 2.44. The number of hydrogen-bond donors (Lipinski definition) is 1. The molecule has 0 unspecified atom stereocenters. The number of halogens is 1. The number of aryl methyl sites for hydroxylation is 1. The smallest absolute Gasteiger partial charge is 0.408 e. The van der Waals surface area contributed by atoms with Gasteiger partial charge in [-0.3, -0.25) is 4.90 Å². The molecule has 23 heavy (non-hydrogen) atoms. The lowest BCUT2D eigenvalue weighted by Gasteiger charge is -2.33. The van der Waals surface area contributed by atoms with Crippen molar-refractivity contribution in [3.63, 3.8) is 0 Å². The van der Waals surface area contributed by atoms with Gasteiger partial charge in [-0.05, 0) is 62.6 Å². The third-order valence-corrected chi connectivity index (χ3v) is 3.82. The third-order valence-electron chi connectivity index (χ3n) is 3.63. The summed E-state index contributed by atoms with van der Waals surface area (Å²) in [5.74, 6) is 0. The van der Waals surface area contributed by atoms with Crippen molar-refractivity contribution in [1.82, 2.24) is 14.9 Å². The molecule has 0 saturated carbocycles. The van der Waals surface area contributed by atoms with Gasteiger partial charge in [0.25, 0.3) is 0 Å². The minimum atomic E-state index is -0.927. The van der Waals surface area contributed by atoms with Gasteiger partial charge in [0.15, 0.2) is 0 Å². The number of aromatic nitrogens is 2. The van der Waals surface area contributed by atoms with E-state index in [1.807, 2.05) is 45.9 Å². The monoisotopic (exact) mass is 333 g/mol. The molecule has 0 radical (unpaired) electrons. The molecule has 0 aliphatic carbocycles. The van der Waals surface area contributed by atoms with E-state index in [-0.39, 0.29) is 5.28 Å². The maximum absolute atomic E-state index is 11.5. The van der Waals surface area contributed by atoms with Gasteiger partial charge in [-0.1, -0.05) is 12.1 Å². The lowest BCUT2D eigenvalue weighted by molar-refractivity contribution is 0.0954. The standard InChI is InChI=1S/C17H20ClN3O2/c1-11-9-12(14-7-8-19-15(18)20-14)5-6-13(11)10-21(16(22)23)17(2,3)4/h5-9H,10H2,1-4H3,(H,22,23). The first kappa shape index (κ1) is 17.2. The Morgan fingerprint density at radius 2 is 2.00 bits per heavy atom. The Hall–Kier alpha value is -2.14. The summed E-state index contributed by atoms with van der Waals surface area (Å²) in [5, 5.41) is 9.62. The SMILES string of the molecule is Cc1cc(-c2ccnc(Cl)n2)ccc1CN(C(=O)O)C(C)(C)C. The topological polar surface area (TPSA) is 66.3 Å². The van der Waals surface area contributed by atoms with Crippen LogP contribution in [0.3, 0.4) is 0 Å². The molecule has 0 bridgehead atoms. The summed E-state index contributed by atoms with van der Waals surface area (Å²) >= 11 is 5.83. The summed E-state index contributed by atoms with van der Waals surface area (Å²) in [6.07, 6.45) is 0.684. The van der Waals surface area contributed by atoms with Crippen LogP contribution in [-0.4, -0.2) is 31.6 Å². The van der Waals surface area contributed by atoms with Gasteiger partial charge >= 0.3 is 6.09 Å². The van der Waals surface area contributed by atoms with Crippen molar-refractivity contribution in [2.75, 3.05) is 0 Å². The van der Waals surface area contributed by atoms with Gasteiger partial charge in [0.05, 0.1) is 5.69 Å². The zero-order valence-electron chi connectivity index (χ0n) is 13.7. The summed E-state index contributed by atoms with van der Waals surface area (Å²) in [5.41, 5.74) is 3.18. The summed E-state index contributed by atoms with van der Waals surface area (Å²) in [4.78, 5) is 21.0. The molecule has 2 rings (SSSR count). The van der Waals surface area contributed by atoms with E-state index in [1.54, 1.807) is 12.3 Å². The Morgan fingerprint density at radius 1 is 1.30 bits per heavy atom. The fourth-order valence-electron chi connectivity index (χ4n) is 2.29. The van der Waals surface area contributed by atoms with Crippen LogP contribution in [0.5, 0.6) is 0 Å². The molecule has 122 valence electrons. The predicted molar refractivity (Wildman–Crippen MR) is 90.5 cm³/mol. The van der Waals surface area contributed by atoms with Gasteiger partial charge in [-0.2, -0.15) is 0 Å². The van der Waals surface area contributed by atoms with Crippen LogP contribution in [-0.2, 0) is 6.54 Å². The second kappa shape index (κ2) is 6.54. The Morgan fingerprint density at radius 3 is 2.52 bits per heavy atom. The first-order valence-electron chi connectivity index (χ1n) is 7.27. The molecule has 6 heteroatoms. The zero-order chi connectivity index (χ0) is 17.2. The molecule has 0 saturated heterocycles. The molecule has 1 aromatic carbocycles. The van der Waals surface area contributed by atoms with E-state index in [0.29, 0.717) is 6.54 Å². The minimum Gasteiger partial charge on any atom is -0.465 e. The lowest BCUT2D eigenvalue weighted by atomic mass is 10.0. The highest BCUT2D eigenvalue weighted by Crippen LogP contribution is 2.24. The van der Waals surface area contributed by atoms with E-state index in [9.17, 15) is 9.90 Å². The van der Waals surface area contributed by atoms with E-state index in [2.05, 4.69) is 9.97 Å². The van der Waals surface area contributed by atoms with Crippen molar-refractivity contribution in [3.05, 3.63) is 46.9 Å². The van der Waals surface area contributed by atoms with Crippen LogP contribution in [0.25, 0.3) is 11.3 Å². The number of carboxylic acid groups (broad SMARTS) is 1. The van der Waals surface area contributed by atoms with Gasteiger partial charge in [0.2, 0.25) is 5.28 Å². The molecule has 0 spiro atoms. The van der Waals surface area contributed by atoms with Crippen LogP contribution in [0.15, 0.2) is 30.5 Å². The average Bonchev–Trinajstić information content (AvgIpc) is 2.44. The van der Waals surface area contributed by atoms with Crippen molar-refractivity contribution in [3.8, 4) is 11.3 Å². The molecule has 0 aliphatic rings. The number of hydrogen-bond acceptors (Lipinski definition) is 3. The van der Waals surface area contributed by atoms with Crippen LogP contribution >= 0.6 is 11.6 Å². The Bertz CT molecular complexity index is 726. The minimum absolute atomic E-state index is 0.203. The maximum Gasteiger partial charge on any atom is 0.408 e. The highest BCUT2D eigenvalue weighted by molar-refractivity contribution is 6.28. The molecular formula is C17H20ClN3O2. The van der Waals surface area contributed by atoms with Crippen molar-refractivity contribution in [1.29, 1.82) is 0 Å². The van der Waals surface area contributed by atoms with Crippen LogP contribution < -0.4 is 0 Å². The van der Waals surface area contributed by atoms with Crippen molar-refractivity contribution >= 4 is 17.7 Å². The van der Waals surface area contributed by atoms with Crippen LogP contribution in [0.2, 0.25) is 5.28 Å². The molecule has 1 aromatic heterocycles. The highest BCUT2D eigenvalue weighted by atomic mass is 35.5. The third kappa shape index (κ3) is 4.20. The molecule has 0 fully saturated rings. The quantitative estimate of drug-likeness (QED) is 0.846. The fraction of sp³-hybridized carbons (Fsp3) is 0.353. The van der Waals surface area contributed by atoms with Crippen molar-refractivity contribution in [2.45, 2.75) is 39.8 Å². The molecule has 0 aliphatic heterocycles. The van der Waals surface area contributed by atoms with Crippen LogP contribution in [0.1, 0.15) is 31.9 Å². The first-order valence-corrected chi connectivity index (χ1v) is 7.65. The van der Waals surface area contributed by atoms with E-state index in [0.717, 1.165) is 22.4 Å². The Kier molecular flexibility index (Phi) is 4.90. The summed E-state index contributed by atoms with van der Waals surface area (Å²) in [6.45, 7) is 7.95. The van der Waals surface area contributed by atoms with E-state index < -0.39 is 11.6 Å². The maximum atomic E-state index is 11.5. The first-order chi connectivity index (χ1) is 10.7. The number of nitrogens with zero attached hydrogens (tertiary/aromatic N) is 3. The van der Waals surface area contributed by atoms with Crippen molar-refractivity contribution in [2.24, 2.45) is 0 Å². The Labute approximate surface area is 141 Å². The van der Waals surface area contributed by atoms with Crippen LogP contribution in [0, 0.1) is 6.92 Å². The van der Waals surface area contributed by atoms with E-state index in [4.69, 9.17) is 11.6 Å². The van der Waals surface area contributed by atoms with Gasteiger partial charge in [0, 0.05) is 23.8 Å². The highest BCUT2D eigenvalue weighted by Gasteiger charge is 2.26. The molecule has 2 aromatic rings. The number of rotatable bonds is 3. The number of carbonyl (C=O) groups is 1. The molecule has 1 N–H and O–H groups in total. The summed E-state index contributed by atoms with van der Waals surface area (Å²) in [7, 11) is 0. The average molecular weight is 334 g/mol. The Balaban J connectivity index is 2.31. The summed E-state index contributed by atoms with van der Waals surface area (Å²) < 4.78 is 0. The van der Waals surface area contributed by atoms with Gasteiger partial charge in [-0.15, -0.1) is 0 Å². The van der Waals surface area contributed by atoms with E-state index >= 15 is 0 Å². The molecule has 1 amide bonds. The predicted octanol–water partition coefficient (Wildman–Crippen LogP) is 4.38. The second-order valence-electron chi connectivity index (χ2n) is 6.39. The number of benzene rings is 1. The molecule has 5 nitrogen and oxygen atoms in total. The van der Waals surface area contributed by atoms with E-state index in [1.165, 1.54) is 4.90 Å². The van der Waals surface area contributed by atoms with Crippen LogP contribution in [0.4, 0.5) is 4.79 Å². The molecule has 0 atom stereocenters. The normalized spacial score (nSPS) is 11.3. The van der Waals surface area contributed by atoms with Gasteiger partial charge < -0.3 is 5.11 Å². The van der Waals surface area contributed by atoms with Gasteiger partial charge in [-0.25, -0.2) is 14.8 Å². The largest absolute Gasteiger partial charge is 0.465 e. The van der Waals surface area contributed by atoms with Gasteiger partial charge in [0.1, 0.15) is 0 Å². The summed E-state index contributed by atoms with van der Waals surface area (Å²) in [6, 6.07) is 7.63.